The van der Waals surface area contributed by atoms with E-state index >= 15 is 0 Å². The van der Waals surface area contributed by atoms with Crippen LogP contribution in [0.2, 0.25) is 0 Å². The molecule has 0 atom stereocenters. The van der Waals surface area contributed by atoms with E-state index in [-0.39, 0.29) is 24.8 Å². The van der Waals surface area contributed by atoms with Crippen molar-refractivity contribution in [1.82, 2.24) is 25.5 Å². The summed E-state index contributed by atoms with van der Waals surface area (Å²) in [4.78, 5) is 12.1. The first kappa shape index (κ1) is 18.4. The van der Waals surface area contributed by atoms with Crippen molar-refractivity contribution in [3.63, 3.8) is 0 Å². The minimum absolute atomic E-state index is 0.0375. The number of tetrazole rings is 1. The Morgan fingerprint density at radius 1 is 1.15 bits per heavy atom. The number of hydrogen-bond donors (Lipinski definition) is 1. The summed E-state index contributed by atoms with van der Waals surface area (Å²) in [5, 5.41) is 13.4. The second-order valence-electron chi connectivity index (χ2n) is 5.43. The molecular formula is C17H14F3N5O2. The number of nitrogens with zero attached hydrogens (tertiary/aromatic N) is 4. The lowest BCUT2D eigenvalue weighted by Crippen LogP contribution is -2.28. The first-order valence-corrected chi connectivity index (χ1v) is 7.85. The van der Waals surface area contributed by atoms with Crippen molar-refractivity contribution in [1.29, 1.82) is 0 Å². The molecule has 0 bridgehead atoms. The van der Waals surface area contributed by atoms with Gasteiger partial charge < -0.3 is 10.1 Å². The summed E-state index contributed by atoms with van der Waals surface area (Å²) in [6.07, 6.45) is -3.00. The molecule has 0 fully saturated rings. The van der Waals surface area contributed by atoms with Crippen molar-refractivity contribution < 1.29 is 22.7 Å². The summed E-state index contributed by atoms with van der Waals surface area (Å²) >= 11 is 0. The van der Waals surface area contributed by atoms with Crippen LogP contribution in [0, 0.1) is 0 Å². The van der Waals surface area contributed by atoms with E-state index < -0.39 is 11.7 Å². The van der Waals surface area contributed by atoms with Gasteiger partial charge in [0.2, 0.25) is 0 Å². The maximum absolute atomic E-state index is 12.6. The maximum Gasteiger partial charge on any atom is 0.416 e. The van der Waals surface area contributed by atoms with E-state index in [0.717, 1.165) is 12.1 Å². The van der Waals surface area contributed by atoms with Crippen LogP contribution in [0.4, 0.5) is 13.2 Å². The average Bonchev–Trinajstić information content (AvgIpc) is 3.19. The van der Waals surface area contributed by atoms with E-state index in [0.29, 0.717) is 11.3 Å². The molecular weight excluding hydrogens is 363 g/mol. The van der Waals surface area contributed by atoms with E-state index in [4.69, 9.17) is 4.74 Å². The Bertz CT molecular complexity index is 896. The molecule has 3 rings (SSSR count). The van der Waals surface area contributed by atoms with Crippen molar-refractivity contribution in [3.8, 4) is 11.4 Å². The van der Waals surface area contributed by atoms with Gasteiger partial charge in [-0.3, -0.25) is 4.79 Å². The monoisotopic (exact) mass is 377 g/mol. The van der Waals surface area contributed by atoms with Gasteiger partial charge in [0.15, 0.2) is 0 Å². The van der Waals surface area contributed by atoms with Gasteiger partial charge in [-0.25, -0.2) is 4.68 Å². The van der Waals surface area contributed by atoms with Gasteiger partial charge in [0.25, 0.3) is 5.91 Å². The number of alkyl halides is 3. The summed E-state index contributed by atoms with van der Waals surface area (Å²) in [5.74, 6) is -0.240. The standard InChI is InChI=1S/C17H14F3N5O2/c18-17(19,20)13-2-1-3-15(10-13)27-9-8-21-16(26)12-4-6-14(7-5-12)25-11-22-23-24-25/h1-7,10-11H,8-9H2,(H,21,26). The number of carbonyl (C=O) groups excluding carboxylic acids is 1. The Hall–Kier alpha value is -3.43. The third-order valence-corrected chi connectivity index (χ3v) is 3.56. The molecule has 7 nitrogen and oxygen atoms in total. The second-order valence-corrected chi connectivity index (χ2v) is 5.43. The molecule has 140 valence electrons. The molecule has 0 spiro atoms. The van der Waals surface area contributed by atoms with Gasteiger partial charge in [-0.1, -0.05) is 6.07 Å². The molecule has 0 aliphatic rings. The zero-order chi connectivity index (χ0) is 19.3. The van der Waals surface area contributed by atoms with Crippen LogP contribution < -0.4 is 10.1 Å². The Balaban J connectivity index is 1.48. The Labute approximate surface area is 151 Å². The highest BCUT2D eigenvalue weighted by Crippen LogP contribution is 2.31. The van der Waals surface area contributed by atoms with E-state index in [1.807, 2.05) is 0 Å². The number of benzene rings is 2. The first-order valence-electron chi connectivity index (χ1n) is 7.85. The number of rotatable bonds is 6. The van der Waals surface area contributed by atoms with Crippen LogP contribution in [0.1, 0.15) is 15.9 Å². The van der Waals surface area contributed by atoms with Crippen molar-refractivity contribution in [2.45, 2.75) is 6.18 Å². The lowest BCUT2D eigenvalue weighted by Gasteiger charge is -2.11. The van der Waals surface area contributed by atoms with Gasteiger partial charge in [-0.2, -0.15) is 13.2 Å². The number of carbonyl (C=O) groups is 1. The zero-order valence-corrected chi connectivity index (χ0v) is 13.8. The van der Waals surface area contributed by atoms with Gasteiger partial charge >= 0.3 is 6.18 Å². The highest BCUT2D eigenvalue weighted by molar-refractivity contribution is 5.94. The number of ether oxygens (including phenoxy) is 1. The molecule has 1 amide bonds. The molecule has 0 saturated heterocycles. The molecule has 0 unspecified atom stereocenters. The SMILES string of the molecule is O=C(NCCOc1cccc(C(F)(F)F)c1)c1ccc(-n2cnnn2)cc1. The largest absolute Gasteiger partial charge is 0.492 e. The van der Waals surface area contributed by atoms with E-state index in [9.17, 15) is 18.0 Å². The number of hydrogen-bond acceptors (Lipinski definition) is 5. The summed E-state index contributed by atoms with van der Waals surface area (Å²) < 4.78 is 44.6. The average molecular weight is 377 g/mol. The Morgan fingerprint density at radius 3 is 2.59 bits per heavy atom. The lowest BCUT2D eigenvalue weighted by molar-refractivity contribution is -0.137. The Kier molecular flexibility index (Phi) is 5.34. The predicted molar refractivity (Wildman–Crippen MR) is 88.4 cm³/mol. The van der Waals surface area contributed by atoms with E-state index in [1.165, 1.54) is 23.1 Å². The molecule has 1 aromatic heterocycles. The first-order chi connectivity index (χ1) is 12.9. The second kappa shape index (κ2) is 7.85. The van der Waals surface area contributed by atoms with Crippen LogP contribution in [0.25, 0.3) is 5.69 Å². The van der Waals surface area contributed by atoms with Crippen molar-refractivity contribution in [3.05, 3.63) is 66.0 Å². The van der Waals surface area contributed by atoms with E-state index in [1.54, 1.807) is 24.3 Å². The highest BCUT2D eigenvalue weighted by atomic mass is 19.4. The zero-order valence-electron chi connectivity index (χ0n) is 13.8. The predicted octanol–water partition coefficient (Wildman–Crippen LogP) is 2.49. The maximum atomic E-state index is 12.6. The lowest BCUT2D eigenvalue weighted by atomic mass is 10.2. The molecule has 2 aromatic carbocycles. The highest BCUT2D eigenvalue weighted by Gasteiger charge is 2.30. The third kappa shape index (κ3) is 4.81. The van der Waals surface area contributed by atoms with Crippen LogP contribution in [-0.2, 0) is 6.18 Å². The Morgan fingerprint density at radius 2 is 1.93 bits per heavy atom. The summed E-state index contributed by atoms with van der Waals surface area (Å²) in [6.45, 7) is 0.180. The minimum Gasteiger partial charge on any atom is -0.492 e. The van der Waals surface area contributed by atoms with Crippen molar-refractivity contribution >= 4 is 5.91 Å². The molecule has 1 N–H and O–H groups in total. The fourth-order valence-corrected chi connectivity index (χ4v) is 2.24. The van der Waals surface area contributed by atoms with Gasteiger partial charge in [0, 0.05) is 5.56 Å². The quantitative estimate of drug-likeness (QED) is 0.668. The molecule has 0 aliphatic heterocycles. The fraction of sp³-hybridized carbons (Fsp3) is 0.176. The van der Waals surface area contributed by atoms with E-state index in [2.05, 4.69) is 20.8 Å². The van der Waals surface area contributed by atoms with Crippen LogP contribution in [0.5, 0.6) is 5.75 Å². The smallest absolute Gasteiger partial charge is 0.416 e. The molecule has 1 heterocycles. The normalized spacial score (nSPS) is 11.2. The molecule has 0 aliphatic carbocycles. The van der Waals surface area contributed by atoms with Crippen LogP contribution >= 0.6 is 0 Å². The summed E-state index contributed by atoms with van der Waals surface area (Å²) in [7, 11) is 0. The van der Waals surface area contributed by atoms with Crippen molar-refractivity contribution in [2.24, 2.45) is 0 Å². The van der Waals surface area contributed by atoms with Gasteiger partial charge in [-0.15, -0.1) is 5.10 Å². The number of amides is 1. The summed E-state index contributed by atoms with van der Waals surface area (Å²) in [5.41, 5.74) is 0.335. The van der Waals surface area contributed by atoms with Gasteiger partial charge in [0.05, 0.1) is 17.8 Å². The van der Waals surface area contributed by atoms with Crippen molar-refractivity contribution in [2.75, 3.05) is 13.2 Å². The number of aromatic nitrogens is 4. The molecule has 0 radical (unpaired) electrons. The molecule has 27 heavy (non-hydrogen) atoms. The minimum atomic E-state index is -4.43. The third-order valence-electron chi connectivity index (χ3n) is 3.56. The molecule has 0 saturated carbocycles. The van der Waals surface area contributed by atoms with Crippen LogP contribution in [0.3, 0.4) is 0 Å². The van der Waals surface area contributed by atoms with Gasteiger partial charge in [-0.05, 0) is 52.9 Å². The molecule has 3 aromatic rings. The number of halogens is 3. The van der Waals surface area contributed by atoms with Crippen LogP contribution in [-0.4, -0.2) is 39.3 Å². The number of nitrogens with one attached hydrogen (secondary N) is 1. The van der Waals surface area contributed by atoms with Gasteiger partial charge in [0.1, 0.15) is 18.7 Å². The molecule has 10 heteroatoms. The summed E-state index contributed by atoms with van der Waals surface area (Å²) in [6, 6.07) is 11.2. The van der Waals surface area contributed by atoms with Crippen LogP contribution in [0.15, 0.2) is 54.9 Å². The fourth-order valence-electron chi connectivity index (χ4n) is 2.24. The topological polar surface area (TPSA) is 81.9 Å².